The van der Waals surface area contributed by atoms with E-state index in [4.69, 9.17) is 4.98 Å². The molecule has 0 spiro atoms. The van der Waals surface area contributed by atoms with Gasteiger partial charge in [0.1, 0.15) is 5.82 Å². The second kappa shape index (κ2) is 8.70. The average Bonchev–Trinajstić information content (AvgIpc) is 3.19. The zero-order valence-corrected chi connectivity index (χ0v) is 18.6. The maximum Gasteiger partial charge on any atom is 0.291 e. The predicted molar refractivity (Wildman–Crippen MR) is 120 cm³/mol. The van der Waals surface area contributed by atoms with Crippen LogP contribution >= 0.6 is 11.8 Å². The molecule has 3 fully saturated rings. The lowest BCUT2D eigenvalue weighted by Gasteiger charge is -2.40. The van der Waals surface area contributed by atoms with Crippen LogP contribution in [0.2, 0.25) is 0 Å². The molecule has 1 amide bonds. The average molecular weight is 430 g/mol. The highest BCUT2D eigenvalue weighted by Gasteiger charge is 2.30. The molecule has 30 heavy (non-hydrogen) atoms. The molecule has 0 aromatic carbocycles. The van der Waals surface area contributed by atoms with Gasteiger partial charge in [-0.25, -0.2) is 9.97 Å². The van der Waals surface area contributed by atoms with Crippen molar-refractivity contribution in [1.82, 2.24) is 29.5 Å². The number of amides is 1. The van der Waals surface area contributed by atoms with Crippen molar-refractivity contribution in [2.24, 2.45) is 7.05 Å². The Bertz CT molecular complexity index is 896. The number of carbonyl (C=O) groups excluding carboxylic acids is 1. The van der Waals surface area contributed by atoms with Crippen LogP contribution in [0.1, 0.15) is 42.7 Å². The number of piperazine rings is 1. The Morgan fingerprint density at radius 3 is 2.47 bits per heavy atom. The molecule has 0 bridgehead atoms. The summed E-state index contributed by atoms with van der Waals surface area (Å²) < 4.78 is 1.76. The highest BCUT2D eigenvalue weighted by Crippen LogP contribution is 2.27. The maximum absolute atomic E-state index is 13.3. The normalized spacial score (nSPS) is 22.0. The molecule has 2 aromatic heterocycles. The van der Waals surface area contributed by atoms with Gasteiger partial charge in [0, 0.05) is 70.1 Å². The Labute approximate surface area is 182 Å². The Balaban J connectivity index is 1.34. The van der Waals surface area contributed by atoms with E-state index in [0.717, 1.165) is 62.0 Å². The van der Waals surface area contributed by atoms with Gasteiger partial charge in [-0.1, -0.05) is 19.3 Å². The largest absolute Gasteiger partial charge is 0.354 e. The van der Waals surface area contributed by atoms with Crippen molar-refractivity contribution < 1.29 is 4.79 Å². The van der Waals surface area contributed by atoms with Crippen LogP contribution in [0.15, 0.2) is 6.20 Å². The molecule has 5 rings (SSSR count). The molecule has 0 N–H and O–H groups in total. The van der Waals surface area contributed by atoms with Crippen LogP contribution in [-0.2, 0) is 7.05 Å². The van der Waals surface area contributed by atoms with Crippen LogP contribution < -0.4 is 4.90 Å². The summed E-state index contributed by atoms with van der Waals surface area (Å²) in [6, 6.07) is 0.709. The second-order valence-electron chi connectivity index (χ2n) is 8.63. The van der Waals surface area contributed by atoms with Gasteiger partial charge in [-0.3, -0.25) is 14.4 Å². The molecule has 1 saturated carbocycles. The molecule has 162 valence electrons. The molecule has 4 heterocycles. The molecule has 3 aliphatic rings. The summed E-state index contributed by atoms with van der Waals surface area (Å²) in [5.74, 6) is 3.26. The van der Waals surface area contributed by atoms with Gasteiger partial charge >= 0.3 is 0 Å². The van der Waals surface area contributed by atoms with E-state index in [2.05, 4.69) is 19.9 Å². The summed E-state index contributed by atoms with van der Waals surface area (Å²) in [4.78, 5) is 29.4. The molecule has 8 nitrogen and oxygen atoms in total. The molecular weight excluding hydrogens is 398 g/mol. The zero-order valence-electron chi connectivity index (χ0n) is 17.8. The molecule has 0 atom stereocenters. The van der Waals surface area contributed by atoms with E-state index < -0.39 is 0 Å². The SMILES string of the molecule is Cn1cc2c(N3CCSCC3)nc(C(=O)N3CCN(C4CCCCC4)CC3)nc2n1. The summed E-state index contributed by atoms with van der Waals surface area (Å²) >= 11 is 1.96. The molecule has 2 aliphatic heterocycles. The van der Waals surface area contributed by atoms with Crippen molar-refractivity contribution >= 4 is 34.5 Å². The first-order valence-electron chi connectivity index (χ1n) is 11.3. The van der Waals surface area contributed by atoms with Crippen molar-refractivity contribution in [3.8, 4) is 0 Å². The predicted octanol–water partition coefficient (Wildman–Crippen LogP) is 2.01. The van der Waals surface area contributed by atoms with Crippen LogP contribution in [0.3, 0.4) is 0 Å². The summed E-state index contributed by atoms with van der Waals surface area (Å²) in [6.45, 7) is 5.32. The number of thioether (sulfide) groups is 1. The third-order valence-corrected chi connectivity index (χ3v) is 7.61. The highest BCUT2D eigenvalue weighted by atomic mass is 32.2. The summed E-state index contributed by atoms with van der Waals surface area (Å²) in [7, 11) is 1.89. The van der Waals surface area contributed by atoms with Gasteiger partial charge in [-0.15, -0.1) is 0 Å². The first-order valence-corrected chi connectivity index (χ1v) is 12.4. The number of aryl methyl sites for hydroxylation is 1. The van der Waals surface area contributed by atoms with E-state index in [1.165, 1.54) is 32.1 Å². The summed E-state index contributed by atoms with van der Waals surface area (Å²) in [5.41, 5.74) is 0.616. The number of rotatable bonds is 3. The van der Waals surface area contributed by atoms with Crippen LogP contribution in [0, 0.1) is 0 Å². The van der Waals surface area contributed by atoms with Gasteiger partial charge in [-0.2, -0.15) is 16.9 Å². The smallest absolute Gasteiger partial charge is 0.291 e. The fourth-order valence-corrected chi connectivity index (χ4v) is 5.90. The summed E-state index contributed by atoms with van der Waals surface area (Å²) in [5, 5.41) is 5.42. The topological polar surface area (TPSA) is 70.4 Å². The molecular formula is C21H31N7OS. The minimum atomic E-state index is -0.0570. The van der Waals surface area contributed by atoms with Gasteiger partial charge in [0.15, 0.2) is 5.65 Å². The Hall–Kier alpha value is -1.87. The van der Waals surface area contributed by atoms with Gasteiger partial charge in [-0.05, 0) is 12.8 Å². The minimum Gasteiger partial charge on any atom is -0.354 e. The van der Waals surface area contributed by atoms with Crippen molar-refractivity contribution in [3.05, 3.63) is 12.0 Å². The lowest BCUT2D eigenvalue weighted by atomic mass is 9.94. The third-order valence-electron chi connectivity index (χ3n) is 6.67. The monoisotopic (exact) mass is 429 g/mol. The van der Waals surface area contributed by atoms with Crippen LogP contribution in [0.4, 0.5) is 5.82 Å². The third kappa shape index (κ3) is 4.01. The van der Waals surface area contributed by atoms with E-state index in [0.29, 0.717) is 17.5 Å². The van der Waals surface area contributed by atoms with Gasteiger partial charge < -0.3 is 9.80 Å². The van der Waals surface area contributed by atoms with Crippen molar-refractivity contribution in [2.45, 2.75) is 38.1 Å². The van der Waals surface area contributed by atoms with E-state index in [1.807, 2.05) is 29.9 Å². The van der Waals surface area contributed by atoms with Crippen LogP contribution in [-0.4, -0.2) is 92.3 Å². The second-order valence-corrected chi connectivity index (χ2v) is 9.86. The number of hydrogen-bond donors (Lipinski definition) is 0. The molecule has 2 aromatic rings. The van der Waals surface area contributed by atoms with Crippen LogP contribution in [0.25, 0.3) is 11.0 Å². The van der Waals surface area contributed by atoms with E-state index >= 15 is 0 Å². The number of hydrogen-bond acceptors (Lipinski definition) is 7. The van der Waals surface area contributed by atoms with E-state index in [9.17, 15) is 4.79 Å². The molecule has 9 heteroatoms. The Kier molecular flexibility index (Phi) is 5.82. The number of fused-ring (bicyclic) bond motifs is 1. The quantitative estimate of drug-likeness (QED) is 0.739. The first kappa shape index (κ1) is 20.1. The minimum absolute atomic E-state index is 0.0570. The van der Waals surface area contributed by atoms with Gasteiger partial charge in [0.25, 0.3) is 5.91 Å². The Morgan fingerprint density at radius 2 is 1.73 bits per heavy atom. The van der Waals surface area contributed by atoms with Crippen LogP contribution in [0.5, 0.6) is 0 Å². The maximum atomic E-state index is 13.3. The van der Waals surface area contributed by atoms with Gasteiger partial charge in [0.05, 0.1) is 5.39 Å². The molecule has 1 aliphatic carbocycles. The number of aromatic nitrogens is 4. The van der Waals surface area contributed by atoms with Crippen molar-refractivity contribution in [2.75, 3.05) is 55.7 Å². The number of nitrogens with zero attached hydrogens (tertiary/aromatic N) is 7. The van der Waals surface area contributed by atoms with E-state index in [1.54, 1.807) is 4.68 Å². The zero-order chi connectivity index (χ0) is 20.5. The fourth-order valence-electron chi connectivity index (χ4n) is 4.99. The first-order chi connectivity index (χ1) is 14.7. The van der Waals surface area contributed by atoms with Gasteiger partial charge in [0.2, 0.25) is 5.82 Å². The van der Waals surface area contributed by atoms with Crippen molar-refractivity contribution in [3.63, 3.8) is 0 Å². The number of carbonyl (C=O) groups is 1. The Morgan fingerprint density at radius 1 is 1.00 bits per heavy atom. The summed E-state index contributed by atoms with van der Waals surface area (Å²) in [6.07, 6.45) is 8.65. The van der Waals surface area contributed by atoms with E-state index in [-0.39, 0.29) is 5.91 Å². The highest BCUT2D eigenvalue weighted by molar-refractivity contribution is 7.99. The molecule has 2 saturated heterocycles. The van der Waals surface area contributed by atoms with Crippen molar-refractivity contribution in [1.29, 1.82) is 0 Å². The fraction of sp³-hybridized carbons (Fsp3) is 0.714. The molecule has 0 unspecified atom stereocenters. The number of anilines is 1. The standard InChI is InChI=1S/C21H31N7OS/c1-25-15-17-18(24-25)22-19(23-20(17)27-11-13-30-14-12-27)21(29)28-9-7-26(8-10-28)16-5-3-2-4-6-16/h15-16H,2-14H2,1H3. The lowest BCUT2D eigenvalue weighted by molar-refractivity contribution is 0.0513. The lowest BCUT2D eigenvalue weighted by Crippen LogP contribution is -2.52. The molecule has 0 radical (unpaired) electrons.